The minimum atomic E-state index is -0.984. The summed E-state index contributed by atoms with van der Waals surface area (Å²) in [6.07, 6.45) is 8.34. The summed E-state index contributed by atoms with van der Waals surface area (Å²) in [7, 11) is 0. The van der Waals surface area contributed by atoms with Gasteiger partial charge in [0.15, 0.2) is 11.4 Å². The third kappa shape index (κ3) is 4.63. The molecule has 2 N–H and O–H groups in total. The molecule has 0 aliphatic carbocycles. The number of rotatable bonds is 3. The van der Waals surface area contributed by atoms with Crippen LogP contribution in [0.3, 0.4) is 0 Å². The summed E-state index contributed by atoms with van der Waals surface area (Å²) < 4.78 is 0. The molecule has 2 rings (SSSR count). The lowest BCUT2D eigenvalue weighted by Gasteiger charge is -2.24. The average Bonchev–Trinajstić information content (AvgIpc) is 2.83. The number of carboxylic acids is 1. The van der Waals surface area contributed by atoms with Crippen LogP contribution >= 0.6 is 11.8 Å². The van der Waals surface area contributed by atoms with Gasteiger partial charge in [-0.1, -0.05) is 24.6 Å². The summed E-state index contributed by atoms with van der Waals surface area (Å²) in [4.78, 5) is 17.9. The first-order valence-electron chi connectivity index (χ1n) is 7.56. The number of amidine groups is 1. The van der Waals surface area contributed by atoms with Crippen LogP contribution in [0.15, 0.2) is 23.2 Å². The van der Waals surface area contributed by atoms with Crippen molar-refractivity contribution in [1.29, 1.82) is 5.26 Å². The molecule has 0 bridgehead atoms. The van der Waals surface area contributed by atoms with Gasteiger partial charge in [-0.2, -0.15) is 5.26 Å². The highest BCUT2D eigenvalue weighted by atomic mass is 32.2. The topological polar surface area (TPSA) is 88.7 Å². The lowest BCUT2D eigenvalue weighted by atomic mass is 10.1. The summed E-state index contributed by atoms with van der Waals surface area (Å²) in [5.74, 6) is -0.984. The summed E-state index contributed by atoms with van der Waals surface area (Å²) in [5, 5.41) is 21.0. The lowest BCUT2D eigenvalue weighted by Crippen LogP contribution is -2.24. The molecule has 1 aromatic carbocycles. The molecule has 1 heterocycles. The fourth-order valence-corrected chi connectivity index (χ4v) is 2.94. The third-order valence-electron chi connectivity index (χ3n) is 3.75. The van der Waals surface area contributed by atoms with E-state index in [0.717, 1.165) is 31.6 Å². The maximum atomic E-state index is 11.2. The van der Waals surface area contributed by atoms with Crippen LogP contribution in [0, 0.1) is 11.5 Å². The first-order chi connectivity index (χ1) is 11.2. The number of carbonyl (C=O) groups is 1. The molecule has 0 amide bonds. The second-order valence-corrected chi connectivity index (χ2v) is 6.06. The van der Waals surface area contributed by atoms with Gasteiger partial charge < -0.3 is 10.0 Å². The summed E-state index contributed by atoms with van der Waals surface area (Å²) in [6, 6.07) is 4.99. The van der Waals surface area contributed by atoms with Crippen molar-refractivity contribution in [2.45, 2.75) is 25.7 Å². The number of benzene rings is 1. The van der Waals surface area contributed by atoms with Crippen LogP contribution in [-0.4, -0.2) is 35.6 Å². The standard InChI is InChI=1S/C16H20N4O2S/c1-23-16(18-11-17)19-13-10-12(15(21)22)6-7-14(13)20-8-4-2-3-5-9-20/h6-7,10H,2-5,8-9H2,1H3,(H,18,19)(H,21,22). The minimum absolute atomic E-state index is 0.194. The van der Waals surface area contributed by atoms with Crippen molar-refractivity contribution in [2.24, 2.45) is 4.99 Å². The summed E-state index contributed by atoms with van der Waals surface area (Å²) in [6.45, 7) is 1.88. The van der Waals surface area contributed by atoms with E-state index in [1.165, 1.54) is 24.6 Å². The molecule has 0 atom stereocenters. The zero-order chi connectivity index (χ0) is 16.7. The van der Waals surface area contributed by atoms with Gasteiger partial charge in [-0.3, -0.25) is 5.32 Å². The highest BCUT2D eigenvalue weighted by molar-refractivity contribution is 8.13. The number of hydrogen-bond donors (Lipinski definition) is 2. The molecule has 0 unspecified atom stereocenters. The summed E-state index contributed by atoms with van der Waals surface area (Å²) in [5.41, 5.74) is 1.70. The largest absolute Gasteiger partial charge is 0.478 e. The van der Waals surface area contributed by atoms with E-state index >= 15 is 0 Å². The first-order valence-corrected chi connectivity index (χ1v) is 8.78. The number of thioether (sulfide) groups is 1. The maximum absolute atomic E-state index is 11.2. The van der Waals surface area contributed by atoms with Crippen LogP contribution < -0.4 is 10.2 Å². The van der Waals surface area contributed by atoms with Gasteiger partial charge in [-0.15, -0.1) is 0 Å². The Hall–Kier alpha value is -2.20. The van der Waals surface area contributed by atoms with Gasteiger partial charge in [0.05, 0.1) is 16.9 Å². The molecule has 6 nitrogen and oxygen atoms in total. The van der Waals surface area contributed by atoms with Crippen LogP contribution in [0.4, 0.5) is 11.4 Å². The SMILES string of the molecule is CSC(=Nc1cc(C(=O)O)ccc1N1CCCCCC1)NC#N. The Kier molecular flexibility index (Phi) is 6.29. The molecule has 23 heavy (non-hydrogen) atoms. The first kappa shape index (κ1) is 17.2. The van der Waals surface area contributed by atoms with E-state index < -0.39 is 5.97 Å². The molecule has 7 heteroatoms. The predicted molar refractivity (Wildman–Crippen MR) is 93.4 cm³/mol. The number of hydrogen-bond acceptors (Lipinski definition) is 5. The van der Waals surface area contributed by atoms with Gasteiger partial charge >= 0.3 is 5.97 Å². The Morgan fingerprint density at radius 2 is 2.04 bits per heavy atom. The second-order valence-electron chi connectivity index (χ2n) is 5.27. The number of aliphatic imine (C=N–C) groups is 1. The van der Waals surface area contributed by atoms with Gasteiger partial charge in [0.25, 0.3) is 0 Å². The van der Waals surface area contributed by atoms with Gasteiger partial charge in [-0.25, -0.2) is 9.79 Å². The smallest absolute Gasteiger partial charge is 0.335 e. The molecule has 1 fully saturated rings. The Bertz CT molecular complexity index is 631. The maximum Gasteiger partial charge on any atom is 0.335 e. The van der Waals surface area contributed by atoms with Crippen molar-refractivity contribution in [3.8, 4) is 6.19 Å². The highest BCUT2D eigenvalue weighted by Gasteiger charge is 2.16. The lowest BCUT2D eigenvalue weighted by molar-refractivity contribution is 0.0697. The fourth-order valence-electron chi connectivity index (χ4n) is 2.61. The molecule has 0 saturated carbocycles. The molecule has 1 aliphatic rings. The molecule has 1 aliphatic heterocycles. The van der Waals surface area contributed by atoms with Gasteiger partial charge in [0.2, 0.25) is 0 Å². The Labute approximate surface area is 140 Å². The average molecular weight is 332 g/mol. The van der Waals surface area contributed by atoms with E-state index in [-0.39, 0.29) is 5.56 Å². The van der Waals surface area contributed by atoms with Crippen molar-refractivity contribution in [2.75, 3.05) is 24.2 Å². The normalized spacial score (nSPS) is 15.7. The van der Waals surface area contributed by atoms with E-state index in [4.69, 9.17) is 5.26 Å². The molecule has 1 aromatic rings. The Morgan fingerprint density at radius 1 is 1.35 bits per heavy atom. The van der Waals surface area contributed by atoms with Crippen LogP contribution in [0.5, 0.6) is 0 Å². The highest BCUT2D eigenvalue weighted by Crippen LogP contribution is 2.32. The Morgan fingerprint density at radius 3 is 2.61 bits per heavy atom. The van der Waals surface area contributed by atoms with E-state index in [2.05, 4.69) is 15.2 Å². The fraction of sp³-hybridized carbons (Fsp3) is 0.438. The van der Waals surface area contributed by atoms with Crippen LogP contribution in [0.1, 0.15) is 36.0 Å². The van der Waals surface area contributed by atoms with E-state index in [0.29, 0.717) is 10.9 Å². The molecule has 122 valence electrons. The van der Waals surface area contributed by atoms with E-state index in [9.17, 15) is 9.90 Å². The van der Waals surface area contributed by atoms with Crippen LogP contribution in [-0.2, 0) is 0 Å². The zero-order valence-electron chi connectivity index (χ0n) is 13.1. The van der Waals surface area contributed by atoms with E-state index in [1.807, 2.05) is 18.5 Å². The zero-order valence-corrected chi connectivity index (χ0v) is 13.9. The molecular formula is C16H20N4O2S. The number of nitriles is 1. The Balaban J connectivity index is 2.43. The number of aromatic carboxylic acids is 1. The number of anilines is 1. The van der Waals surface area contributed by atoms with Crippen molar-refractivity contribution >= 4 is 34.3 Å². The number of nitrogens with one attached hydrogen (secondary N) is 1. The van der Waals surface area contributed by atoms with Crippen LogP contribution in [0.25, 0.3) is 0 Å². The molecular weight excluding hydrogens is 312 g/mol. The van der Waals surface area contributed by atoms with E-state index in [1.54, 1.807) is 12.1 Å². The second kappa shape index (κ2) is 8.44. The van der Waals surface area contributed by atoms with Crippen molar-refractivity contribution in [3.63, 3.8) is 0 Å². The third-order valence-corrected chi connectivity index (χ3v) is 4.33. The monoisotopic (exact) mass is 332 g/mol. The molecule has 1 saturated heterocycles. The van der Waals surface area contributed by atoms with Crippen molar-refractivity contribution < 1.29 is 9.90 Å². The van der Waals surface area contributed by atoms with Gasteiger partial charge in [-0.05, 0) is 37.3 Å². The number of carboxylic acid groups (broad SMARTS) is 1. The predicted octanol–water partition coefficient (Wildman–Crippen LogP) is 3.19. The number of nitrogens with zero attached hydrogens (tertiary/aromatic N) is 3. The van der Waals surface area contributed by atoms with Gasteiger partial charge in [0, 0.05) is 13.1 Å². The molecule has 0 aromatic heterocycles. The quantitative estimate of drug-likeness (QED) is 0.382. The van der Waals surface area contributed by atoms with Gasteiger partial charge in [0.1, 0.15) is 0 Å². The van der Waals surface area contributed by atoms with Crippen molar-refractivity contribution in [3.05, 3.63) is 23.8 Å². The van der Waals surface area contributed by atoms with Crippen LogP contribution in [0.2, 0.25) is 0 Å². The summed E-state index contributed by atoms with van der Waals surface area (Å²) >= 11 is 1.31. The molecule has 0 spiro atoms. The van der Waals surface area contributed by atoms with Crippen molar-refractivity contribution in [1.82, 2.24) is 5.32 Å². The minimum Gasteiger partial charge on any atom is -0.478 e. The molecule has 0 radical (unpaired) electrons.